The maximum absolute atomic E-state index is 14.1. The Morgan fingerprint density at radius 3 is 2.49 bits per heavy atom. The Hall–Kier alpha value is -4.08. The number of fused-ring (bicyclic) bond motifs is 2. The Kier molecular flexibility index (Phi) is 8.26. The van der Waals surface area contributed by atoms with Crippen molar-refractivity contribution in [2.24, 2.45) is 5.92 Å². The lowest BCUT2D eigenvalue weighted by molar-refractivity contribution is -0.137. The number of carbonyl (C=O) groups excluding carboxylic acids is 3. The molecule has 3 atom stereocenters. The van der Waals surface area contributed by atoms with Gasteiger partial charge in [-0.25, -0.2) is 4.90 Å². The number of ether oxygens (including phenoxy) is 2. The number of amides is 3. The number of nitrogens with zero attached hydrogens (tertiary/aromatic N) is 1. The van der Waals surface area contributed by atoms with E-state index in [1.54, 1.807) is 42.5 Å². The van der Waals surface area contributed by atoms with Gasteiger partial charge in [0.25, 0.3) is 5.91 Å². The van der Waals surface area contributed by atoms with Gasteiger partial charge in [0.1, 0.15) is 16.7 Å². The molecule has 0 aliphatic carbocycles. The van der Waals surface area contributed by atoms with Crippen LogP contribution in [-0.4, -0.2) is 41.7 Å². The molecule has 0 saturated carbocycles. The van der Waals surface area contributed by atoms with Gasteiger partial charge in [0.15, 0.2) is 6.61 Å². The molecule has 2 aliphatic rings. The van der Waals surface area contributed by atoms with E-state index in [4.69, 9.17) is 9.47 Å². The number of aromatic nitrogens is 1. The van der Waals surface area contributed by atoms with Crippen molar-refractivity contribution < 1.29 is 37.0 Å². The SMILES string of the molecule is COc1ccc(N2C(=O)[C@H]3[C@H](c4cc(Br)ccc4OCC(=O)Nc4ccccc4C(F)(F)F)c4sc(=O)[nH]c4S[C@H]3C2=O)cc1. The zero-order chi connectivity index (χ0) is 32.0. The largest absolute Gasteiger partial charge is 0.497 e. The fourth-order valence-corrected chi connectivity index (χ4v) is 8.29. The van der Waals surface area contributed by atoms with Crippen molar-refractivity contribution in [3.63, 3.8) is 0 Å². The highest BCUT2D eigenvalue weighted by Crippen LogP contribution is 2.55. The first-order chi connectivity index (χ1) is 21.5. The number of halogens is 4. The first-order valence-electron chi connectivity index (χ1n) is 13.3. The van der Waals surface area contributed by atoms with Crippen molar-refractivity contribution in [3.05, 3.63) is 96.9 Å². The van der Waals surface area contributed by atoms with Gasteiger partial charge in [0.05, 0.1) is 35.0 Å². The number of thioether (sulfide) groups is 1. The second-order valence-corrected chi connectivity index (χ2v) is 13.1. The molecule has 1 aromatic heterocycles. The highest BCUT2D eigenvalue weighted by Gasteiger charge is 2.57. The van der Waals surface area contributed by atoms with Crippen LogP contribution >= 0.6 is 39.0 Å². The topological polar surface area (TPSA) is 118 Å². The molecule has 9 nitrogen and oxygen atoms in total. The minimum Gasteiger partial charge on any atom is -0.497 e. The van der Waals surface area contributed by atoms with Crippen molar-refractivity contribution in [1.82, 2.24) is 4.98 Å². The monoisotopic (exact) mass is 719 g/mol. The van der Waals surface area contributed by atoms with Gasteiger partial charge in [-0.3, -0.25) is 19.2 Å². The molecule has 232 valence electrons. The number of imide groups is 1. The van der Waals surface area contributed by atoms with E-state index >= 15 is 0 Å². The standard InChI is InChI=1S/C30H21BrF3N3O6S2/c1-42-16-9-7-15(8-10-16)37-27(39)23-22(24-26(36-29(41)45-24)44-25(23)28(37)40)17-12-14(31)6-11-20(17)43-13-21(38)35-19-5-3-2-4-18(19)30(32,33)34/h2-12,22-23,25H,13H2,1H3,(H,35,38)(H,36,41)/t22-,23-,25+/m0/s1. The zero-order valence-electron chi connectivity index (χ0n) is 23.0. The van der Waals surface area contributed by atoms with Gasteiger partial charge < -0.3 is 19.8 Å². The predicted octanol–water partition coefficient (Wildman–Crippen LogP) is 6.04. The third kappa shape index (κ3) is 5.87. The lowest BCUT2D eigenvalue weighted by Gasteiger charge is -2.31. The van der Waals surface area contributed by atoms with E-state index in [-0.39, 0.29) is 10.6 Å². The lowest BCUT2D eigenvalue weighted by atomic mass is 9.82. The minimum atomic E-state index is -4.68. The normalized spacial score (nSPS) is 19.2. The molecule has 2 aliphatic heterocycles. The summed E-state index contributed by atoms with van der Waals surface area (Å²) in [4.78, 5) is 57.1. The van der Waals surface area contributed by atoms with E-state index in [2.05, 4.69) is 26.2 Å². The van der Waals surface area contributed by atoms with Crippen LogP contribution in [0.2, 0.25) is 0 Å². The van der Waals surface area contributed by atoms with Crippen LogP contribution in [0.15, 0.2) is 81.0 Å². The van der Waals surface area contributed by atoms with Crippen LogP contribution in [0.3, 0.4) is 0 Å². The number of aromatic amines is 1. The molecule has 3 aromatic carbocycles. The summed E-state index contributed by atoms with van der Waals surface area (Å²) >= 11 is 5.45. The Morgan fingerprint density at radius 2 is 1.78 bits per heavy atom. The second kappa shape index (κ2) is 12.0. The fraction of sp³-hybridized carbons (Fsp3) is 0.200. The van der Waals surface area contributed by atoms with E-state index in [0.717, 1.165) is 40.1 Å². The summed E-state index contributed by atoms with van der Waals surface area (Å²) in [5.74, 6) is -2.84. The maximum atomic E-state index is 14.1. The number of para-hydroxylation sites is 1. The number of thiazole rings is 1. The lowest BCUT2D eigenvalue weighted by Crippen LogP contribution is -2.32. The Balaban J connectivity index is 1.34. The van der Waals surface area contributed by atoms with Crippen LogP contribution in [0.25, 0.3) is 0 Å². The maximum Gasteiger partial charge on any atom is 0.418 e. The van der Waals surface area contributed by atoms with Crippen LogP contribution in [-0.2, 0) is 20.6 Å². The minimum absolute atomic E-state index is 0.156. The quantitative estimate of drug-likeness (QED) is 0.224. The summed E-state index contributed by atoms with van der Waals surface area (Å²) in [6.45, 7) is -0.655. The molecule has 0 radical (unpaired) electrons. The Labute approximate surface area is 269 Å². The molecule has 0 unspecified atom stereocenters. The van der Waals surface area contributed by atoms with Gasteiger partial charge in [0.2, 0.25) is 11.8 Å². The Morgan fingerprint density at radius 1 is 1.04 bits per heavy atom. The molecule has 1 fully saturated rings. The summed E-state index contributed by atoms with van der Waals surface area (Å²) in [6.07, 6.45) is -4.68. The highest BCUT2D eigenvalue weighted by molar-refractivity contribution is 9.10. The van der Waals surface area contributed by atoms with Gasteiger partial charge in [-0.05, 0) is 54.6 Å². The average molecular weight is 721 g/mol. The second-order valence-electron chi connectivity index (χ2n) is 10.0. The smallest absolute Gasteiger partial charge is 0.418 e. The van der Waals surface area contributed by atoms with E-state index in [9.17, 15) is 32.3 Å². The molecule has 3 amide bonds. The molecule has 0 bridgehead atoms. The highest BCUT2D eigenvalue weighted by atomic mass is 79.9. The molecule has 15 heteroatoms. The molecule has 3 heterocycles. The molecule has 2 N–H and O–H groups in total. The van der Waals surface area contributed by atoms with Crippen molar-refractivity contribution in [1.29, 1.82) is 0 Å². The van der Waals surface area contributed by atoms with Gasteiger partial charge in [0, 0.05) is 20.8 Å². The number of hydrogen-bond donors (Lipinski definition) is 2. The van der Waals surface area contributed by atoms with Crippen LogP contribution in [0, 0.1) is 5.92 Å². The Bertz CT molecular complexity index is 1880. The molecular weight excluding hydrogens is 699 g/mol. The van der Waals surface area contributed by atoms with Crippen molar-refractivity contribution >= 4 is 68.1 Å². The van der Waals surface area contributed by atoms with Crippen LogP contribution in [0.5, 0.6) is 11.5 Å². The van der Waals surface area contributed by atoms with Crippen molar-refractivity contribution in [3.8, 4) is 11.5 Å². The van der Waals surface area contributed by atoms with Gasteiger partial charge in [-0.1, -0.05) is 51.2 Å². The summed E-state index contributed by atoms with van der Waals surface area (Å²) < 4.78 is 51.9. The van der Waals surface area contributed by atoms with Crippen molar-refractivity contribution in [2.45, 2.75) is 22.4 Å². The van der Waals surface area contributed by atoms with E-state index in [0.29, 0.717) is 31.4 Å². The molecule has 0 spiro atoms. The summed E-state index contributed by atoms with van der Waals surface area (Å²) in [5.41, 5.74) is -0.651. The van der Waals surface area contributed by atoms with Gasteiger partial charge >= 0.3 is 11.0 Å². The summed E-state index contributed by atoms with van der Waals surface area (Å²) in [5, 5.41) is 1.81. The van der Waals surface area contributed by atoms with Crippen LogP contribution < -0.4 is 24.6 Å². The van der Waals surface area contributed by atoms with E-state index in [1.165, 1.54) is 19.2 Å². The predicted molar refractivity (Wildman–Crippen MR) is 165 cm³/mol. The van der Waals surface area contributed by atoms with E-state index in [1.807, 2.05) is 0 Å². The van der Waals surface area contributed by atoms with Crippen LogP contribution in [0.4, 0.5) is 24.5 Å². The number of H-pyrrole nitrogens is 1. The number of anilines is 2. The molecule has 6 rings (SSSR count). The first kappa shape index (κ1) is 30.9. The number of benzene rings is 3. The number of hydrogen-bond acceptors (Lipinski definition) is 8. The first-order valence-corrected chi connectivity index (χ1v) is 15.7. The number of alkyl halides is 3. The number of nitrogens with one attached hydrogen (secondary N) is 2. The van der Waals surface area contributed by atoms with Crippen LogP contribution in [0.1, 0.15) is 21.9 Å². The molecule has 4 aromatic rings. The summed E-state index contributed by atoms with van der Waals surface area (Å²) in [7, 11) is 1.50. The number of methoxy groups -OCH3 is 1. The fourth-order valence-electron chi connectivity index (χ4n) is 5.40. The molecular formula is C30H21BrF3N3O6S2. The zero-order valence-corrected chi connectivity index (χ0v) is 26.2. The molecule has 45 heavy (non-hydrogen) atoms. The van der Waals surface area contributed by atoms with E-state index < -0.39 is 58.8 Å². The average Bonchev–Trinajstić information content (AvgIpc) is 3.50. The third-order valence-corrected chi connectivity index (χ3v) is 10.2. The number of carbonyl (C=O) groups is 3. The molecule has 1 saturated heterocycles. The third-order valence-electron chi connectivity index (χ3n) is 7.33. The van der Waals surface area contributed by atoms with Gasteiger partial charge in [-0.15, -0.1) is 0 Å². The van der Waals surface area contributed by atoms with Crippen molar-refractivity contribution in [2.75, 3.05) is 23.9 Å². The van der Waals surface area contributed by atoms with Gasteiger partial charge in [-0.2, -0.15) is 13.2 Å². The summed E-state index contributed by atoms with van der Waals surface area (Å²) in [6, 6.07) is 15.9. The number of rotatable bonds is 7.